The fraction of sp³-hybridized carbons (Fsp3) is 0.300. The number of morpholine rings is 1. The summed E-state index contributed by atoms with van der Waals surface area (Å²) in [5.41, 5.74) is 0.891. The zero-order valence-electron chi connectivity index (χ0n) is 15.6. The van der Waals surface area contributed by atoms with Crippen molar-refractivity contribution in [1.82, 2.24) is 4.90 Å². The lowest BCUT2D eigenvalue weighted by Gasteiger charge is -2.29. The predicted molar refractivity (Wildman–Crippen MR) is 110 cm³/mol. The summed E-state index contributed by atoms with van der Waals surface area (Å²) in [4.78, 5) is 15.3. The van der Waals surface area contributed by atoms with Crippen LogP contribution >= 0.6 is 23.8 Å². The van der Waals surface area contributed by atoms with Gasteiger partial charge in [0.25, 0.3) is 0 Å². The number of rotatable bonds is 5. The van der Waals surface area contributed by atoms with Gasteiger partial charge in [0, 0.05) is 24.2 Å². The van der Waals surface area contributed by atoms with Crippen molar-refractivity contribution < 1.29 is 23.7 Å². The van der Waals surface area contributed by atoms with E-state index in [1.807, 2.05) is 4.90 Å². The van der Waals surface area contributed by atoms with Gasteiger partial charge >= 0.3 is 5.97 Å². The van der Waals surface area contributed by atoms with E-state index in [2.05, 4.69) is 0 Å². The van der Waals surface area contributed by atoms with Crippen molar-refractivity contribution in [2.45, 2.75) is 0 Å². The van der Waals surface area contributed by atoms with E-state index in [4.69, 9.17) is 42.8 Å². The van der Waals surface area contributed by atoms with Crippen molar-refractivity contribution in [1.29, 1.82) is 0 Å². The van der Waals surface area contributed by atoms with Crippen molar-refractivity contribution in [3.63, 3.8) is 0 Å². The van der Waals surface area contributed by atoms with Gasteiger partial charge in [0.05, 0.1) is 38.6 Å². The van der Waals surface area contributed by atoms with E-state index < -0.39 is 5.97 Å². The summed E-state index contributed by atoms with van der Waals surface area (Å²) in [6.45, 7) is 2.54. The molecule has 1 saturated heterocycles. The van der Waals surface area contributed by atoms with E-state index in [0.717, 1.165) is 0 Å². The number of halogens is 1. The highest BCUT2D eigenvalue weighted by atomic mass is 35.5. The average Bonchev–Trinajstić information content (AvgIpc) is 2.74. The lowest BCUT2D eigenvalue weighted by Crippen LogP contribution is -2.40. The van der Waals surface area contributed by atoms with Gasteiger partial charge in [0.2, 0.25) is 0 Å². The molecule has 0 bridgehead atoms. The SMILES string of the molecule is COc1cc(OC)cc(C(=O)Oc2ccc(Cl)cc2C(=S)N2CCOCC2)c1. The maximum Gasteiger partial charge on any atom is 0.343 e. The molecule has 0 radical (unpaired) electrons. The molecule has 0 spiro atoms. The Morgan fingerprint density at radius 2 is 1.71 bits per heavy atom. The van der Waals surface area contributed by atoms with E-state index in [0.29, 0.717) is 64.7 Å². The van der Waals surface area contributed by atoms with Gasteiger partial charge in [0.15, 0.2) is 0 Å². The number of methoxy groups -OCH3 is 2. The molecule has 148 valence electrons. The summed E-state index contributed by atoms with van der Waals surface area (Å²) in [7, 11) is 3.03. The Labute approximate surface area is 173 Å². The lowest BCUT2D eigenvalue weighted by molar-refractivity contribution is 0.0687. The van der Waals surface area contributed by atoms with Crippen LogP contribution < -0.4 is 14.2 Å². The molecule has 1 fully saturated rings. The van der Waals surface area contributed by atoms with E-state index in [-0.39, 0.29) is 0 Å². The first-order chi connectivity index (χ1) is 13.5. The maximum atomic E-state index is 12.7. The normalized spacial score (nSPS) is 13.8. The quantitative estimate of drug-likeness (QED) is 0.415. The molecule has 6 nitrogen and oxygen atoms in total. The van der Waals surface area contributed by atoms with Gasteiger partial charge in [-0.25, -0.2) is 4.79 Å². The molecule has 2 aromatic rings. The zero-order valence-corrected chi connectivity index (χ0v) is 17.1. The lowest BCUT2D eigenvalue weighted by atomic mass is 10.1. The minimum atomic E-state index is -0.550. The minimum absolute atomic E-state index is 0.300. The highest BCUT2D eigenvalue weighted by Gasteiger charge is 2.21. The summed E-state index contributed by atoms with van der Waals surface area (Å²) >= 11 is 11.8. The van der Waals surface area contributed by atoms with Gasteiger partial charge in [0.1, 0.15) is 22.2 Å². The third-order valence-electron chi connectivity index (χ3n) is 4.26. The highest BCUT2D eigenvalue weighted by Crippen LogP contribution is 2.28. The van der Waals surface area contributed by atoms with Crippen molar-refractivity contribution in [2.75, 3.05) is 40.5 Å². The monoisotopic (exact) mass is 421 g/mol. The van der Waals surface area contributed by atoms with E-state index >= 15 is 0 Å². The second-order valence-corrected chi connectivity index (χ2v) is 6.86. The van der Waals surface area contributed by atoms with Crippen LogP contribution in [-0.4, -0.2) is 56.4 Å². The summed E-state index contributed by atoms with van der Waals surface area (Å²) < 4.78 is 21.4. The van der Waals surface area contributed by atoms with Crippen LogP contribution in [0, 0.1) is 0 Å². The number of hydrogen-bond acceptors (Lipinski definition) is 6. The number of carbonyl (C=O) groups is 1. The molecular weight excluding hydrogens is 402 g/mol. The molecule has 0 unspecified atom stereocenters. The number of hydrogen-bond donors (Lipinski definition) is 0. The Balaban J connectivity index is 1.88. The number of benzene rings is 2. The van der Waals surface area contributed by atoms with Gasteiger partial charge in [-0.05, 0) is 30.3 Å². The molecule has 2 aromatic carbocycles. The summed E-state index contributed by atoms with van der Waals surface area (Å²) in [6, 6.07) is 9.84. The number of thiocarbonyl (C=S) groups is 1. The van der Waals surface area contributed by atoms with Crippen molar-refractivity contribution in [3.8, 4) is 17.2 Å². The molecular formula is C20H20ClNO5S. The van der Waals surface area contributed by atoms with Crippen LogP contribution in [0.3, 0.4) is 0 Å². The van der Waals surface area contributed by atoms with Crippen LogP contribution in [0.25, 0.3) is 0 Å². The van der Waals surface area contributed by atoms with Crippen LogP contribution in [0.15, 0.2) is 36.4 Å². The van der Waals surface area contributed by atoms with Gasteiger partial charge in [-0.2, -0.15) is 0 Å². The first kappa shape index (κ1) is 20.4. The Kier molecular flexibility index (Phi) is 6.72. The van der Waals surface area contributed by atoms with Crippen LogP contribution in [0.5, 0.6) is 17.2 Å². The summed E-state index contributed by atoms with van der Waals surface area (Å²) in [5.74, 6) is 0.774. The highest BCUT2D eigenvalue weighted by molar-refractivity contribution is 7.80. The Hall–Kier alpha value is -2.35. The van der Waals surface area contributed by atoms with Crippen molar-refractivity contribution in [3.05, 3.63) is 52.5 Å². The summed E-state index contributed by atoms with van der Waals surface area (Å²) in [5, 5.41) is 0.508. The topological polar surface area (TPSA) is 57.2 Å². The van der Waals surface area contributed by atoms with E-state index in [1.54, 1.807) is 36.4 Å². The minimum Gasteiger partial charge on any atom is -0.497 e. The third kappa shape index (κ3) is 4.73. The molecule has 8 heteroatoms. The van der Waals surface area contributed by atoms with Crippen LogP contribution in [0.4, 0.5) is 0 Å². The van der Waals surface area contributed by atoms with Gasteiger partial charge in [-0.3, -0.25) is 0 Å². The number of nitrogens with zero attached hydrogens (tertiary/aromatic N) is 1. The molecule has 0 saturated carbocycles. The largest absolute Gasteiger partial charge is 0.497 e. The number of ether oxygens (including phenoxy) is 4. The molecule has 0 atom stereocenters. The molecule has 3 rings (SSSR count). The Morgan fingerprint density at radius 3 is 2.32 bits per heavy atom. The Morgan fingerprint density at radius 1 is 1.07 bits per heavy atom. The van der Waals surface area contributed by atoms with Crippen LogP contribution in [-0.2, 0) is 4.74 Å². The van der Waals surface area contributed by atoms with Crippen LogP contribution in [0.1, 0.15) is 15.9 Å². The zero-order chi connectivity index (χ0) is 20.1. The molecule has 28 heavy (non-hydrogen) atoms. The number of carbonyl (C=O) groups excluding carboxylic acids is 1. The average molecular weight is 422 g/mol. The molecule has 0 N–H and O–H groups in total. The summed E-state index contributed by atoms with van der Waals surface area (Å²) in [6.07, 6.45) is 0. The molecule has 0 amide bonds. The standard InChI is InChI=1S/C20H20ClNO5S/c1-24-15-9-13(10-16(12-15)25-2)20(23)27-18-4-3-14(21)11-17(18)19(28)22-5-7-26-8-6-22/h3-4,9-12H,5-8H2,1-2H3. The van der Waals surface area contributed by atoms with Gasteiger partial charge in [-0.1, -0.05) is 23.8 Å². The fourth-order valence-electron chi connectivity index (χ4n) is 2.78. The first-order valence-electron chi connectivity index (χ1n) is 8.63. The van der Waals surface area contributed by atoms with Crippen molar-refractivity contribution >= 4 is 34.8 Å². The molecule has 0 aliphatic carbocycles. The first-order valence-corrected chi connectivity index (χ1v) is 9.42. The number of esters is 1. The maximum absolute atomic E-state index is 12.7. The molecule has 0 aromatic heterocycles. The second-order valence-electron chi connectivity index (χ2n) is 6.04. The molecule has 1 heterocycles. The predicted octanol–water partition coefficient (Wildman–Crippen LogP) is 3.58. The second kappa shape index (κ2) is 9.23. The Bertz CT molecular complexity index is 861. The fourth-order valence-corrected chi connectivity index (χ4v) is 3.29. The third-order valence-corrected chi connectivity index (χ3v) is 4.97. The van der Waals surface area contributed by atoms with Crippen LogP contribution in [0.2, 0.25) is 5.02 Å². The van der Waals surface area contributed by atoms with Crippen molar-refractivity contribution in [2.24, 2.45) is 0 Å². The molecule has 1 aliphatic heterocycles. The van der Waals surface area contributed by atoms with Gasteiger partial charge < -0.3 is 23.8 Å². The van der Waals surface area contributed by atoms with E-state index in [9.17, 15) is 4.79 Å². The van der Waals surface area contributed by atoms with Gasteiger partial charge in [-0.15, -0.1) is 0 Å². The van der Waals surface area contributed by atoms with E-state index in [1.165, 1.54) is 14.2 Å². The smallest absolute Gasteiger partial charge is 0.343 e. The molecule has 1 aliphatic rings.